The summed E-state index contributed by atoms with van der Waals surface area (Å²) in [5.41, 5.74) is 15.4. The minimum absolute atomic E-state index is 0.0907. The molecule has 1 aliphatic carbocycles. The first kappa shape index (κ1) is 36.2. The summed E-state index contributed by atoms with van der Waals surface area (Å²) in [6, 6.07) is 57.7. The first-order chi connectivity index (χ1) is 30.1. The highest BCUT2D eigenvalue weighted by atomic mass is 14.9. The number of aromatic nitrogens is 5. The summed E-state index contributed by atoms with van der Waals surface area (Å²) in [4.78, 5) is 25.3. The molecule has 0 amide bonds. The van der Waals surface area contributed by atoms with Gasteiger partial charge in [0.1, 0.15) is 5.82 Å². The van der Waals surface area contributed by atoms with Crippen LogP contribution in [0.3, 0.4) is 0 Å². The maximum Gasteiger partial charge on any atom is 0.136 e. The Morgan fingerprint density at radius 3 is 1.84 bits per heavy atom. The Bertz CT molecular complexity index is 3360. The summed E-state index contributed by atoms with van der Waals surface area (Å²) in [7, 11) is 0. The summed E-state index contributed by atoms with van der Waals surface area (Å²) in [6.45, 7) is 2.15. The third-order valence-corrected chi connectivity index (χ3v) is 11.8. The smallest absolute Gasteiger partial charge is 0.136 e. The molecule has 0 saturated heterocycles. The van der Waals surface area contributed by atoms with Gasteiger partial charge in [-0.2, -0.15) is 0 Å². The normalized spacial score (nSPS) is 13.6. The molecule has 288 valence electrons. The number of fused-ring (bicyclic) bond motifs is 4. The van der Waals surface area contributed by atoms with E-state index in [0.717, 1.165) is 101 Å². The summed E-state index contributed by atoms with van der Waals surface area (Å²) in [5.74, 6) is 0.908. The fraction of sp³-hybridized carbons (Fsp3) is 0.0536. The van der Waals surface area contributed by atoms with Crippen LogP contribution in [-0.4, -0.2) is 24.9 Å². The highest BCUT2D eigenvalue weighted by molar-refractivity contribution is 6.05. The highest BCUT2D eigenvalue weighted by Crippen LogP contribution is 2.36. The van der Waals surface area contributed by atoms with Crippen LogP contribution in [0.2, 0.25) is 0 Å². The maximum absolute atomic E-state index is 5.29. The van der Waals surface area contributed by atoms with Crippen LogP contribution in [0.15, 0.2) is 200 Å². The van der Waals surface area contributed by atoms with Gasteiger partial charge in [-0.3, -0.25) is 4.98 Å². The van der Waals surface area contributed by atoms with Gasteiger partial charge in [0, 0.05) is 56.7 Å². The lowest BCUT2D eigenvalue weighted by atomic mass is 9.95. The second kappa shape index (κ2) is 15.4. The van der Waals surface area contributed by atoms with Crippen LogP contribution >= 0.6 is 0 Å². The van der Waals surface area contributed by atoms with E-state index in [4.69, 9.17) is 19.9 Å². The maximum atomic E-state index is 5.29. The molecule has 4 heterocycles. The van der Waals surface area contributed by atoms with Gasteiger partial charge in [0.15, 0.2) is 0 Å². The SMILES string of the molecule is Cc1cc(-c2ccccc2)nc2c1ccc1ccc(-c3cccc(-c4cccc(-c5cc(-c6cccc(-c7cccc8cnccc78)c6)nc(C6C=CC=CC6)n5)c4)c3)nc12. The third kappa shape index (κ3) is 6.96. The van der Waals surface area contributed by atoms with Crippen LogP contribution in [0, 0.1) is 6.92 Å². The van der Waals surface area contributed by atoms with E-state index in [1.54, 1.807) is 0 Å². The molecule has 0 bridgehead atoms. The quantitative estimate of drug-likeness (QED) is 0.151. The lowest BCUT2D eigenvalue weighted by Crippen LogP contribution is -2.05. The van der Waals surface area contributed by atoms with Crippen LogP contribution in [0.4, 0.5) is 0 Å². The second-order valence-electron chi connectivity index (χ2n) is 15.7. The summed E-state index contributed by atoms with van der Waals surface area (Å²) >= 11 is 0. The van der Waals surface area contributed by atoms with E-state index in [0.29, 0.717) is 0 Å². The molecule has 11 rings (SSSR count). The van der Waals surface area contributed by atoms with Crippen molar-refractivity contribution >= 4 is 32.6 Å². The Hall–Kier alpha value is -7.89. The average Bonchev–Trinajstić information content (AvgIpc) is 3.34. The molecule has 0 spiro atoms. The number of pyridine rings is 3. The Morgan fingerprint density at radius 2 is 1.08 bits per heavy atom. The molecule has 10 aromatic rings. The van der Waals surface area contributed by atoms with Gasteiger partial charge in [0.05, 0.1) is 33.8 Å². The monoisotopic (exact) mass is 781 g/mol. The molecule has 4 aromatic heterocycles. The van der Waals surface area contributed by atoms with E-state index in [2.05, 4.69) is 194 Å². The van der Waals surface area contributed by atoms with E-state index in [-0.39, 0.29) is 5.92 Å². The Kier molecular flexibility index (Phi) is 9.12. The Balaban J connectivity index is 0.974. The predicted octanol–water partition coefficient (Wildman–Crippen LogP) is 14.0. The van der Waals surface area contributed by atoms with E-state index in [1.807, 2.05) is 18.5 Å². The van der Waals surface area contributed by atoms with Crippen LogP contribution < -0.4 is 0 Å². The van der Waals surface area contributed by atoms with E-state index in [1.165, 1.54) is 16.5 Å². The molecule has 5 nitrogen and oxygen atoms in total. The molecule has 0 radical (unpaired) electrons. The third-order valence-electron chi connectivity index (χ3n) is 11.8. The molecule has 0 N–H and O–H groups in total. The zero-order valence-electron chi connectivity index (χ0n) is 33.6. The number of hydrogen-bond donors (Lipinski definition) is 0. The van der Waals surface area contributed by atoms with Crippen LogP contribution in [0.5, 0.6) is 0 Å². The van der Waals surface area contributed by atoms with Crippen molar-refractivity contribution in [1.29, 1.82) is 0 Å². The fourth-order valence-electron chi connectivity index (χ4n) is 8.59. The Labute approximate surface area is 354 Å². The lowest BCUT2D eigenvalue weighted by Gasteiger charge is -2.16. The predicted molar refractivity (Wildman–Crippen MR) is 251 cm³/mol. The highest BCUT2D eigenvalue weighted by Gasteiger charge is 2.18. The van der Waals surface area contributed by atoms with Crippen molar-refractivity contribution in [3.8, 4) is 67.3 Å². The standard InChI is InChI=1S/C56H39N5/c1-36-30-51(37-12-4-2-5-13-37)59-55-47(36)26-24-38-25-27-50(58-54(38)55)43-19-8-16-40(31-43)41-17-9-20-44(32-41)52-34-53(61-56(60-52)39-14-6-3-7-15-39)45-21-10-18-42(33-45)48-23-11-22-46-35-57-29-28-49(46)48/h2-14,16-35,39H,15H2,1H3. The van der Waals surface area contributed by atoms with Crippen molar-refractivity contribution in [2.24, 2.45) is 0 Å². The first-order valence-corrected chi connectivity index (χ1v) is 20.7. The molecule has 0 aliphatic heterocycles. The van der Waals surface area contributed by atoms with Gasteiger partial charge in [-0.05, 0) is 89.0 Å². The molecular weight excluding hydrogens is 743 g/mol. The number of benzene rings is 6. The average molecular weight is 782 g/mol. The van der Waals surface area contributed by atoms with Gasteiger partial charge in [0.2, 0.25) is 0 Å². The van der Waals surface area contributed by atoms with Gasteiger partial charge < -0.3 is 0 Å². The van der Waals surface area contributed by atoms with Gasteiger partial charge in [-0.1, -0.05) is 146 Å². The summed E-state index contributed by atoms with van der Waals surface area (Å²) < 4.78 is 0. The largest absolute Gasteiger partial charge is 0.264 e. The number of aryl methyl sites for hydroxylation is 1. The van der Waals surface area contributed by atoms with Crippen molar-refractivity contribution in [3.05, 3.63) is 212 Å². The van der Waals surface area contributed by atoms with Crippen molar-refractivity contribution in [3.63, 3.8) is 0 Å². The van der Waals surface area contributed by atoms with Crippen molar-refractivity contribution in [2.75, 3.05) is 0 Å². The van der Waals surface area contributed by atoms with Gasteiger partial charge in [-0.15, -0.1) is 0 Å². The molecule has 1 unspecified atom stereocenters. The molecule has 0 fully saturated rings. The minimum Gasteiger partial charge on any atom is -0.264 e. The van der Waals surface area contributed by atoms with E-state index in [9.17, 15) is 0 Å². The zero-order chi connectivity index (χ0) is 40.7. The summed E-state index contributed by atoms with van der Waals surface area (Å²) in [5, 5.41) is 4.47. The van der Waals surface area contributed by atoms with Crippen molar-refractivity contribution in [1.82, 2.24) is 24.9 Å². The van der Waals surface area contributed by atoms with Crippen LogP contribution in [0.1, 0.15) is 23.7 Å². The van der Waals surface area contributed by atoms with E-state index < -0.39 is 0 Å². The van der Waals surface area contributed by atoms with Crippen molar-refractivity contribution in [2.45, 2.75) is 19.3 Å². The van der Waals surface area contributed by atoms with Crippen LogP contribution in [-0.2, 0) is 0 Å². The van der Waals surface area contributed by atoms with Gasteiger partial charge >= 0.3 is 0 Å². The molecule has 1 atom stereocenters. The van der Waals surface area contributed by atoms with Gasteiger partial charge in [-0.25, -0.2) is 19.9 Å². The number of allylic oxidation sites excluding steroid dienone is 4. The fourth-order valence-corrected chi connectivity index (χ4v) is 8.59. The zero-order valence-corrected chi connectivity index (χ0v) is 33.6. The van der Waals surface area contributed by atoms with Crippen LogP contribution in [0.25, 0.3) is 99.9 Å². The molecule has 61 heavy (non-hydrogen) atoms. The minimum atomic E-state index is 0.0907. The molecule has 1 aliphatic rings. The summed E-state index contributed by atoms with van der Waals surface area (Å²) in [6.07, 6.45) is 13.2. The molecule has 0 saturated carbocycles. The second-order valence-corrected chi connectivity index (χ2v) is 15.7. The molecular formula is C56H39N5. The molecule has 6 aromatic carbocycles. The van der Waals surface area contributed by atoms with Crippen molar-refractivity contribution < 1.29 is 0 Å². The topological polar surface area (TPSA) is 64.5 Å². The Morgan fingerprint density at radius 1 is 0.443 bits per heavy atom. The van der Waals surface area contributed by atoms with Gasteiger partial charge in [0.25, 0.3) is 0 Å². The van der Waals surface area contributed by atoms with E-state index >= 15 is 0 Å². The molecule has 5 heteroatoms. The number of hydrogen-bond acceptors (Lipinski definition) is 5. The first-order valence-electron chi connectivity index (χ1n) is 20.7. The lowest BCUT2D eigenvalue weighted by molar-refractivity contribution is 0.775. The number of rotatable bonds is 7. The number of nitrogens with zero attached hydrogens (tertiary/aromatic N) is 5.